The van der Waals surface area contributed by atoms with Crippen LogP contribution in [-0.2, 0) is 19.4 Å². The summed E-state index contributed by atoms with van der Waals surface area (Å²) in [6.07, 6.45) is 4.87. The molecule has 0 unspecified atom stereocenters. The van der Waals surface area contributed by atoms with E-state index in [1.807, 2.05) is 31.2 Å². The first-order valence-electron chi connectivity index (χ1n) is 8.68. The van der Waals surface area contributed by atoms with Crippen molar-refractivity contribution in [3.8, 4) is 0 Å². The first kappa shape index (κ1) is 15.0. The van der Waals surface area contributed by atoms with E-state index in [0.29, 0.717) is 12.1 Å². The third-order valence-corrected chi connectivity index (χ3v) is 4.93. The number of H-pyrrole nitrogens is 1. The summed E-state index contributed by atoms with van der Waals surface area (Å²) in [6.45, 7) is 2.58. The number of rotatable bonds is 3. The van der Waals surface area contributed by atoms with Gasteiger partial charge in [0.05, 0.1) is 0 Å². The highest BCUT2D eigenvalue weighted by molar-refractivity contribution is 5.94. The zero-order chi connectivity index (χ0) is 16.5. The molecule has 1 aliphatic rings. The molecule has 2 N–H and O–H groups in total. The van der Waals surface area contributed by atoms with Crippen molar-refractivity contribution >= 4 is 16.8 Å². The molecule has 24 heavy (non-hydrogen) atoms. The van der Waals surface area contributed by atoms with Gasteiger partial charge in [0.1, 0.15) is 0 Å². The number of amides is 1. The van der Waals surface area contributed by atoms with Crippen molar-refractivity contribution in [2.75, 3.05) is 0 Å². The predicted octanol–water partition coefficient (Wildman–Crippen LogP) is 4.29. The van der Waals surface area contributed by atoms with E-state index in [-0.39, 0.29) is 5.91 Å². The maximum atomic E-state index is 12.3. The van der Waals surface area contributed by atoms with E-state index in [0.717, 1.165) is 24.0 Å². The Hall–Kier alpha value is -2.55. The van der Waals surface area contributed by atoms with Crippen LogP contribution in [0, 0.1) is 6.92 Å². The van der Waals surface area contributed by atoms with Gasteiger partial charge < -0.3 is 10.3 Å². The van der Waals surface area contributed by atoms with Gasteiger partial charge in [0, 0.05) is 28.7 Å². The minimum atomic E-state index is -0.0220. The zero-order valence-electron chi connectivity index (χ0n) is 14.0. The highest BCUT2D eigenvalue weighted by Crippen LogP contribution is 2.29. The topological polar surface area (TPSA) is 44.9 Å². The first-order chi connectivity index (χ1) is 11.7. The summed E-state index contributed by atoms with van der Waals surface area (Å²) in [5, 5.41) is 4.35. The van der Waals surface area contributed by atoms with Crippen LogP contribution in [0.25, 0.3) is 10.9 Å². The summed E-state index contributed by atoms with van der Waals surface area (Å²) in [6, 6.07) is 14.1. The molecule has 0 spiro atoms. The molecule has 1 heterocycles. The Morgan fingerprint density at radius 2 is 1.88 bits per heavy atom. The Labute approximate surface area is 142 Å². The monoisotopic (exact) mass is 318 g/mol. The summed E-state index contributed by atoms with van der Waals surface area (Å²) < 4.78 is 0. The van der Waals surface area contributed by atoms with Crippen LogP contribution in [0.4, 0.5) is 0 Å². The lowest BCUT2D eigenvalue weighted by Crippen LogP contribution is -2.22. The van der Waals surface area contributed by atoms with E-state index < -0.39 is 0 Å². The molecule has 0 aliphatic heterocycles. The second-order valence-corrected chi connectivity index (χ2v) is 6.72. The van der Waals surface area contributed by atoms with Crippen LogP contribution in [0.2, 0.25) is 0 Å². The van der Waals surface area contributed by atoms with Crippen LogP contribution in [0.1, 0.15) is 45.6 Å². The molecule has 4 rings (SSSR count). The Balaban J connectivity index is 1.52. The van der Waals surface area contributed by atoms with E-state index in [2.05, 4.69) is 28.5 Å². The Bertz CT molecular complexity index is 890. The molecule has 1 amide bonds. The predicted molar refractivity (Wildman–Crippen MR) is 97.3 cm³/mol. The van der Waals surface area contributed by atoms with Crippen molar-refractivity contribution in [2.24, 2.45) is 0 Å². The van der Waals surface area contributed by atoms with Gasteiger partial charge in [-0.1, -0.05) is 23.8 Å². The van der Waals surface area contributed by atoms with Crippen LogP contribution in [0.3, 0.4) is 0 Å². The summed E-state index contributed by atoms with van der Waals surface area (Å²) in [4.78, 5) is 15.8. The van der Waals surface area contributed by atoms with Gasteiger partial charge in [-0.05, 0) is 68.0 Å². The third kappa shape index (κ3) is 2.82. The van der Waals surface area contributed by atoms with E-state index in [1.54, 1.807) is 0 Å². The number of hydrogen-bond donors (Lipinski definition) is 2. The van der Waals surface area contributed by atoms with Crippen molar-refractivity contribution in [1.82, 2.24) is 10.3 Å². The maximum Gasteiger partial charge on any atom is 0.251 e. The Morgan fingerprint density at radius 1 is 1.08 bits per heavy atom. The van der Waals surface area contributed by atoms with Crippen molar-refractivity contribution < 1.29 is 4.79 Å². The van der Waals surface area contributed by atoms with Crippen LogP contribution < -0.4 is 5.32 Å². The number of carbonyl (C=O) groups excluding carboxylic acids is 1. The molecule has 0 atom stereocenters. The number of fused-ring (bicyclic) bond motifs is 3. The number of benzene rings is 2. The quantitative estimate of drug-likeness (QED) is 0.743. The standard InChI is InChI=1S/C21H22N2O/c1-14-6-9-16(10-7-14)21(24)22-13-15-8-11-20-18(12-15)17-4-2-3-5-19(17)23-20/h6-12,23H,2-5,13H2,1H3,(H,22,24). The average molecular weight is 318 g/mol. The number of aryl methyl sites for hydroxylation is 3. The third-order valence-electron chi connectivity index (χ3n) is 4.93. The van der Waals surface area contributed by atoms with Gasteiger partial charge in [0.25, 0.3) is 5.91 Å². The van der Waals surface area contributed by atoms with Gasteiger partial charge in [0.15, 0.2) is 0 Å². The summed E-state index contributed by atoms with van der Waals surface area (Å²) >= 11 is 0. The summed E-state index contributed by atoms with van der Waals surface area (Å²) in [5.74, 6) is -0.0220. The van der Waals surface area contributed by atoms with Gasteiger partial charge in [-0.3, -0.25) is 4.79 Å². The van der Waals surface area contributed by atoms with E-state index in [4.69, 9.17) is 0 Å². The molecular formula is C21H22N2O. The second-order valence-electron chi connectivity index (χ2n) is 6.72. The number of hydrogen-bond acceptors (Lipinski definition) is 1. The SMILES string of the molecule is Cc1ccc(C(=O)NCc2ccc3[nH]c4c(c3c2)CCCC4)cc1. The molecule has 1 aliphatic carbocycles. The fourth-order valence-electron chi connectivity index (χ4n) is 3.55. The highest BCUT2D eigenvalue weighted by Gasteiger charge is 2.15. The van der Waals surface area contributed by atoms with E-state index >= 15 is 0 Å². The average Bonchev–Trinajstić information content (AvgIpc) is 2.98. The summed E-state index contributed by atoms with van der Waals surface area (Å²) in [7, 11) is 0. The number of carbonyl (C=O) groups is 1. The molecule has 2 aromatic carbocycles. The lowest BCUT2D eigenvalue weighted by Gasteiger charge is -2.11. The number of nitrogens with one attached hydrogen (secondary N) is 2. The van der Waals surface area contributed by atoms with Gasteiger partial charge in [-0.25, -0.2) is 0 Å². The van der Waals surface area contributed by atoms with Crippen molar-refractivity contribution in [1.29, 1.82) is 0 Å². The van der Waals surface area contributed by atoms with Gasteiger partial charge in [0.2, 0.25) is 0 Å². The van der Waals surface area contributed by atoms with Gasteiger partial charge in [-0.2, -0.15) is 0 Å². The van der Waals surface area contributed by atoms with Crippen LogP contribution in [0.5, 0.6) is 0 Å². The molecule has 3 nitrogen and oxygen atoms in total. The Kier molecular flexibility index (Phi) is 3.85. The minimum absolute atomic E-state index is 0.0220. The molecule has 3 aromatic rings. The van der Waals surface area contributed by atoms with E-state index in [1.165, 1.54) is 35.0 Å². The smallest absolute Gasteiger partial charge is 0.251 e. The minimum Gasteiger partial charge on any atom is -0.358 e. The van der Waals surface area contributed by atoms with Crippen molar-refractivity contribution in [3.05, 3.63) is 70.4 Å². The van der Waals surface area contributed by atoms with Gasteiger partial charge in [-0.15, -0.1) is 0 Å². The molecule has 0 saturated carbocycles. The van der Waals surface area contributed by atoms with Gasteiger partial charge >= 0.3 is 0 Å². The molecule has 0 saturated heterocycles. The molecule has 0 fully saturated rings. The van der Waals surface area contributed by atoms with Crippen molar-refractivity contribution in [3.63, 3.8) is 0 Å². The molecule has 122 valence electrons. The Morgan fingerprint density at radius 3 is 2.71 bits per heavy atom. The summed E-state index contributed by atoms with van der Waals surface area (Å²) in [5.41, 5.74) is 7.11. The van der Waals surface area contributed by atoms with E-state index in [9.17, 15) is 4.79 Å². The van der Waals surface area contributed by atoms with Crippen molar-refractivity contribution in [2.45, 2.75) is 39.2 Å². The normalized spacial score (nSPS) is 13.7. The lowest BCUT2D eigenvalue weighted by atomic mass is 9.95. The van der Waals surface area contributed by atoms with Crippen LogP contribution >= 0.6 is 0 Å². The van der Waals surface area contributed by atoms with Crippen LogP contribution in [0.15, 0.2) is 42.5 Å². The first-order valence-corrected chi connectivity index (χ1v) is 8.68. The molecule has 0 bridgehead atoms. The fraction of sp³-hybridized carbons (Fsp3) is 0.286. The highest BCUT2D eigenvalue weighted by atomic mass is 16.1. The molecule has 3 heteroatoms. The second kappa shape index (κ2) is 6.16. The fourth-order valence-corrected chi connectivity index (χ4v) is 3.55. The lowest BCUT2D eigenvalue weighted by molar-refractivity contribution is 0.0951. The number of aromatic nitrogens is 1. The zero-order valence-corrected chi connectivity index (χ0v) is 14.0. The van der Waals surface area contributed by atoms with Crippen LogP contribution in [-0.4, -0.2) is 10.9 Å². The molecule has 0 radical (unpaired) electrons. The molecular weight excluding hydrogens is 296 g/mol. The number of aromatic amines is 1. The largest absolute Gasteiger partial charge is 0.358 e. The molecule has 1 aromatic heterocycles. The maximum absolute atomic E-state index is 12.3.